The second-order valence-corrected chi connectivity index (χ2v) is 9.07. The van der Waals surface area contributed by atoms with Gasteiger partial charge in [0.1, 0.15) is 31.6 Å². The van der Waals surface area contributed by atoms with E-state index in [4.69, 9.17) is 14.2 Å². The van der Waals surface area contributed by atoms with E-state index in [1.807, 2.05) is 0 Å². The van der Waals surface area contributed by atoms with Crippen LogP contribution in [0.5, 0.6) is 5.75 Å². The topological polar surface area (TPSA) is 111 Å². The molecule has 0 aliphatic carbocycles. The molecular weight excluding hydrogens is 484 g/mol. The predicted octanol–water partition coefficient (Wildman–Crippen LogP) is 3.98. The zero-order chi connectivity index (χ0) is 26.5. The molecule has 0 unspecified atom stereocenters. The summed E-state index contributed by atoms with van der Waals surface area (Å²) in [6.45, 7) is 12.6. The molecule has 9 nitrogen and oxygen atoms in total. The van der Waals surface area contributed by atoms with E-state index in [-0.39, 0.29) is 43.2 Å². The number of likely N-dealkylation sites (tertiary alicyclic amines) is 1. The van der Waals surface area contributed by atoms with E-state index in [1.54, 1.807) is 24.3 Å². The fraction of sp³-hybridized carbons (Fsp3) is 0.308. The molecular formula is C26H30N2O7S. The minimum Gasteiger partial charge on any atom is -0.487 e. The van der Waals surface area contributed by atoms with Crippen LogP contribution in [0.4, 0.5) is 10.5 Å². The zero-order valence-electron chi connectivity index (χ0n) is 20.1. The van der Waals surface area contributed by atoms with Crippen molar-refractivity contribution < 1.29 is 33.4 Å². The van der Waals surface area contributed by atoms with Gasteiger partial charge in [-0.05, 0) is 30.2 Å². The van der Waals surface area contributed by atoms with Crippen LogP contribution in [0.3, 0.4) is 0 Å². The van der Waals surface area contributed by atoms with Gasteiger partial charge in [-0.1, -0.05) is 55.8 Å². The summed E-state index contributed by atoms with van der Waals surface area (Å²) < 4.78 is 15.7. The number of ether oxygens (including phenoxy) is 3. The average molecular weight is 515 g/mol. The number of anilines is 1. The van der Waals surface area contributed by atoms with Crippen molar-refractivity contribution in [2.75, 3.05) is 31.7 Å². The van der Waals surface area contributed by atoms with Crippen LogP contribution in [-0.4, -0.2) is 65.6 Å². The standard InChI is InChI=1S/C26H30N2O7S/c1-5-12-33-23-10-8-19(9-11-24(30)34-13-6-2)15-21(23)27-25(31)22-16-20(36-18(4)29)17-28(22)26(32)35-14-7-3/h5-11,15,20,22H,1-3,12-14,16-17H2,4H3,(H,27,31)/t20-,22-/m0/s1. The second-order valence-electron chi connectivity index (χ2n) is 7.60. The largest absolute Gasteiger partial charge is 0.487 e. The number of hydrogen-bond donors (Lipinski definition) is 1. The van der Waals surface area contributed by atoms with Crippen LogP contribution in [-0.2, 0) is 23.9 Å². The molecule has 1 saturated heterocycles. The van der Waals surface area contributed by atoms with Crippen molar-refractivity contribution in [1.29, 1.82) is 0 Å². The van der Waals surface area contributed by atoms with E-state index < -0.39 is 24.0 Å². The summed E-state index contributed by atoms with van der Waals surface area (Å²) in [6.07, 6.45) is 6.85. The quantitative estimate of drug-likeness (QED) is 0.253. The lowest BCUT2D eigenvalue weighted by atomic mass is 10.1. The first kappa shape index (κ1) is 28.4. The Morgan fingerprint density at radius 2 is 1.78 bits per heavy atom. The maximum Gasteiger partial charge on any atom is 0.410 e. The van der Waals surface area contributed by atoms with Gasteiger partial charge in [0.25, 0.3) is 0 Å². The summed E-state index contributed by atoms with van der Waals surface area (Å²) >= 11 is 1.08. The molecule has 1 aromatic carbocycles. The maximum atomic E-state index is 13.3. The third kappa shape index (κ3) is 8.77. The lowest BCUT2D eigenvalue weighted by molar-refractivity contribution is -0.136. The van der Waals surface area contributed by atoms with E-state index in [2.05, 4.69) is 25.1 Å². The number of rotatable bonds is 12. The van der Waals surface area contributed by atoms with Crippen LogP contribution in [0, 0.1) is 0 Å². The molecule has 192 valence electrons. The lowest BCUT2D eigenvalue weighted by Gasteiger charge is -2.23. The summed E-state index contributed by atoms with van der Waals surface area (Å²) in [6, 6.07) is 4.12. The molecule has 0 spiro atoms. The third-order valence-corrected chi connectivity index (χ3v) is 5.84. The monoisotopic (exact) mass is 514 g/mol. The highest BCUT2D eigenvalue weighted by Gasteiger charge is 2.41. The minimum absolute atomic E-state index is 0.00263. The van der Waals surface area contributed by atoms with E-state index in [9.17, 15) is 19.2 Å². The Bertz CT molecular complexity index is 1040. The SMILES string of the molecule is C=CCOC(=O)C=Cc1ccc(OCC=C)c(NC(=O)[C@@H]2C[C@H](SC(C)=O)CN2C(=O)OCC=C)c1. The number of esters is 1. The number of carbonyl (C=O) groups is 4. The Labute approximate surface area is 214 Å². The van der Waals surface area contributed by atoms with Crippen molar-refractivity contribution in [2.24, 2.45) is 0 Å². The van der Waals surface area contributed by atoms with E-state index in [0.29, 0.717) is 17.0 Å². The van der Waals surface area contributed by atoms with Crippen molar-refractivity contribution in [3.8, 4) is 5.75 Å². The molecule has 2 atom stereocenters. The predicted molar refractivity (Wildman–Crippen MR) is 140 cm³/mol. The summed E-state index contributed by atoms with van der Waals surface area (Å²) in [5.74, 6) is -0.628. The van der Waals surface area contributed by atoms with Gasteiger partial charge in [0, 0.05) is 24.8 Å². The van der Waals surface area contributed by atoms with Gasteiger partial charge in [-0.25, -0.2) is 9.59 Å². The molecule has 0 bridgehead atoms. The number of benzene rings is 1. The number of hydrogen-bond acceptors (Lipinski definition) is 8. The number of nitrogens with zero attached hydrogens (tertiary/aromatic N) is 1. The molecule has 2 amide bonds. The van der Waals surface area contributed by atoms with Gasteiger partial charge in [0.15, 0.2) is 5.12 Å². The minimum atomic E-state index is -0.862. The molecule has 1 aliphatic heterocycles. The molecule has 1 aliphatic rings. The van der Waals surface area contributed by atoms with Crippen LogP contribution in [0.25, 0.3) is 6.08 Å². The van der Waals surface area contributed by atoms with E-state index >= 15 is 0 Å². The van der Waals surface area contributed by atoms with Crippen LogP contribution in [0.2, 0.25) is 0 Å². The fourth-order valence-electron chi connectivity index (χ4n) is 3.37. The first-order chi connectivity index (χ1) is 17.3. The molecule has 0 saturated carbocycles. The highest BCUT2D eigenvalue weighted by molar-refractivity contribution is 8.14. The first-order valence-electron chi connectivity index (χ1n) is 11.1. The Hall–Kier alpha value is -3.79. The maximum absolute atomic E-state index is 13.3. The number of nitrogens with one attached hydrogen (secondary N) is 1. The van der Waals surface area contributed by atoms with Gasteiger partial charge >= 0.3 is 12.1 Å². The second kappa shape index (κ2) is 14.6. The molecule has 0 radical (unpaired) electrons. The van der Waals surface area contributed by atoms with Crippen molar-refractivity contribution in [2.45, 2.75) is 24.6 Å². The van der Waals surface area contributed by atoms with Crippen LogP contribution < -0.4 is 10.1 Å². The molecule has 1 heterocycles. The van der Waals surface area contributed by atoms with Crippen molar-refractivity contribution >= 4 is 46.6 Å². The summed E-state index contributed by atoms with van der Waals surface area (Å²) in [4.78, 5) is 50.6. The molecule has 1 fully saturated rings. The summed E-state index contributed by atoms with van der Waals surface area (Å²) in [7, 11) is 0. The van der Waals surface area contributed by atoms with Gasteiger partial charge in [-0.2, -0.15) is 0 Å². The van der Waals surface area contributed by atoms with Crippen molar-refractivity contribution in [3.63, 3.8) is 0 Å². The number of carbonyl (C=O) groups excluding carboxylic acids is 4. The number of thioether (sulfide) groups is 1. The lowest BCUT2D eigenvalue weighted by Crippen LogP contribution is -2.43. The first-order valence-corrected chi connectivity index (χ1v) is 12.0. The highest BCUT2D eigenvalue weighted by atomic mass is 32.2. The Morgan fingerprint density at radius 1 is 1.08 bits per heavy atom. The van der Waals surface area contributed by atoms with Gasteiger partial charge in [-0.15, -0.1) is 0 Å². The Kier molecular flexibility index (Phi) is 11.5. The van der Waals surface area contributed by atoms with Crippen molar-refractivity contribution in [1.82, 2.24) is 4.90 Å². The highest BCUT2D eigenvalue weighted by Crippen LogP contribution is 2.32. The molecule has 36 heavy (non-hydrogen) atoms. The van der Waals surface area contributed by atoms with E-state index in [1.165, 1.54) is 36.1 Å². The van der Waals surface area contributed by atoms with Crippen molar-refractivity contribution in [3.05, 3.63) is 67.8 Å². The van der Waals surface area contributed by atoms with Crippen LogP contribution in [0.15, 0.2) is 62.2 Å². The summed E-state index contributed by atoms with van der Waals surface area (Å²) in [5.41, 5.74) is 0.941. The average Bonchev–Trinajstić information content (AvgIpc) is 3.27. The van der Waals surface area contributed by atoms with Crippen LogP contribution in [0.1, 0.15) is 18.9 Å². The summed E-state index contributed by atoms with van der Waals surface area (Å²) in [5, 5.41) is 2.46. The van der Waals surface area contributed by atoms with Gasteiger partial charge in [0.05, 0.1) is 5.69 Å². The van der Waals surface area contributed by atoms with Crippen LogP contribution >= 0.6 is 11.8 Å². The Morgan fingerprint density at radius 3 is 2.44 bits per heavy atom. The normalized spacial score (nSPS) is 16.8. The smallest absolute Gasteiger partial charge is 0.410 e. The zero-order valence-corrected chi connectivity index (χ0v) is 21.0. The van der Waals surface area contributed by atoms with Gasteiger partial charge < -0.3 is 19.5 Å². The van der Waals surface area contributed by atoms with Gasteiger partial charge in [0.2, 0.25) is 5.91 Å². The number of amides is 2. The van der Waals surface area contributed by atoms with Gasteiger partial charge in [-0.3, -0.25) is 14.5 Å². The molecule has 1 N–H and O–H groups in total. The molecule has 10 heteroatoms. The Balaban J connectivity index is 2.27. The molecule has 1 aromatic rings. The molecule has 2 rings (SSSR count). The molecule has 0 aromatic heterocycles. The van der Waals surface area contributed by atoms with E-state index in [0.717, 1.165) is 11.8 Å². The third-order valence-electron chi connectivity index (χ3n) is 4.83. The fourth-order valence-corrected chi connectivity index (χ4v) is 4.36.